The molecule has 0 saturated carbocycles. The van der Waals surface area contributed by atoms with Crippen molar-refractivity contribution >= 4 is 12.2 Å². The van der Waals surface area contributed by atoms with Crippen LogP contribution in [-0.2, 0) is 4.79 Å². The molecule has 4 heteroatoms. The number of hydrogen-bond acceptors (Lipinski definition) is 3. The topological polar surface area (TPSA) is 46.6 Å². The maximum absolute atomic E-state index is 12.7. The smallest absolute Gasteiger partial charge is 0.258 e. The van der Waals surface area contributed by atoms with Crippen LogP contribution in [0.2, 0.25) is 0 Å². The SMILES string of the molecule is O=C[C@@H]1CCCN1C(=O)c1ccccc1Oc1ccccc1. The summed E-state index contributed by atoms with van der Waals surface area (Å²) in [7, 11) is 0. The van der Waals surface area contributed by atoms with Crippen LogP contribution >= 0.6 is 0 Å². The lowest BCUT2D eigenvalue weighted by Crippen LogP contribution is -2.36. The van der Waals surface area contributed by atoms with Crippen LogP contribution in [0.5, 0.6) is 11.5 Å². The molecule has 2 aromatic rings. The van der Waals surface area contributed by atoms with E-state index in [1.165, 1.54) is 0 Å². The number of rotatable bonds is 4. The lowest BCUT2D eigenvalue weighted by Gasteiger charge is -2.21. The summed E-state index contributed by atoms with van der Waals surface area (Å²) in [5, 5.41) is 0. The minimum atomic E-state index is -0.322. The maximum atomic E-state index is 12.7. The fourth-order valence-electron chi connectivity index (χ4n) is 2.69. The number of para-hydroxylation sites is 2. The molecule has 1 heterocycles. The molecule has 3 rings (SSSR count). The first-order valence-electron chi connectivity index (χ1n) is 7.38. The molecule has 1 aliphatic rings. The third kappa shape index (κ3) is 2.86. The van der Waals surface area contributed by atoms with E-state index in [-0.39, 0.29) is 11.9 Å². The summed E-state index contributed by atoms with van der Waals surface area (Å²) in [6.45, 7) is 0.613. The molecule has 2 aromatic carbocycles. The van der Waals surface area contributed by atoms with Crippen molar-refractivity contribution in [2.75, 3.05) is 6.54 Å². The second-order valence-electron chi connectivity index (χ2n) is 5.26. The highest BCUT2D eigenvalue weighted by atomic mass is 16.5. The van der Waals surface area contributed by atoms with Gasteiger partial charge in [0.15, 0.2) is 0 Å². The fourth-order valence-corrected chi connectivity index (χ4v) is 2.69. The first-order chi connectivity index (χ1) is 10.8. The van der Waals surface area contributed by atoms with Crippen LogP contribution in [0.3, 0.4) is 0 Å². The normalized spacial score (nSPS) is 17.3. The molecule has 4 nitrogen and oxygen atoms in total. The van der Waals surface area contributed by atoms with Crippen molar-refractivity contribution in [2.45, 2.75) is 18.9 Å². The van der Waals surface area contributed by atoms with E-state index in [4.69, 9.17) is 4.74 Å². The first-order valence-corrected chi connectivity index (χ1v) is 7.38. The Balaban J connectivity index is 1.88. The molecular weight excluding hydrogens is 278 g/mol. The van der Waals surface area contributed by atoms with Gasteiger partial charge in [-0.3, -0.25) is 4.79 Å². The minimum Gasteiger partial charge on any atom is -0.457 e. The van der Waals surface area contributed by atoms with Crippen molar-refractivity contribution in [2.24, 2.45) is 0 Å². The van der Waals surface area contributed by atoms with Crippen molar-refractivity contribution in [3.63, 3.8) is 0 Å². The van der Waals surface area contributed by atoms with E-state index in [9.17, 15) is 9.59 Å². The number of nitrogens with zero attached hydrogens (tertiary/aromatic N) is 1. The van der Waals surface area contributed by atoms with E-state index in [0.29, 0.717) is 23.6 Å². The molecule has 0 N–H and O–H groups in total. The molecule has 1 atom stereocenters. The monoisotopic (exact) mass is 295 g/mol. The largest absolute Gasteiger partial charge is 0.457 e. The zero-order valence-electron chi connectivity index (χ0n) is 12.1. The van der Waals surface area contributed by atoms with Gasteiger partial charge in [0, 0.05) is 6.54 Å². The first kappa shape index (κ1) is 14.3. The van der Waals surface area contributed by atoms with E-state index in [0.717, 1.165) is 19.1 Å². The van der Waals surface area contributed by atoms with Crippen molar-refractivity contribution < 1.29 is 14.3 Å². The molecule has 0 unspecified atom stereocenters. The van der Waals surface area contributed by atoms with E-state index in [1.807, 2.05) is 36.4 Å². The van der Waals surface area contributed by atoms with Crippen LogP contribution in [0.4, 0.5) is 0 Å². The van der Waals surface area contributed by atoms with Gasteiger partial charge in [0.1, 0.15) is 17.8 Å². The number of amides is 1. The molecule has 0 aromatic heterocycles. The average molecular weight is 295 g/mol. The summed E-state index contributed by atoms with van der Waals surface area (Å²) in [6.07, 6.45) is 2.44. The number of carbonyl (C=O) groups is 2. The molecule has 0 radical (unpaired) electrons. The summed E-state index contributed by atoms with van der Waals surface area (Å²) in [6, 6.07) is 16.2. The number of benzene rings is 2. The highest BCUT2D eigenvalue weighted by molar-refractivity contribution is 5.98. The van der Waals surface area contributed by atoms with E-state index in [1.54, 1.807) is 23.1 Å². The van der Waals surface area contributed by atoms with Crippen molar-refractivity contribution in [3.8, 4) is 11.5 Å². The average Bonchev–Trinajstić information content (AvgIpc) is 3.04. The summed E-state index contributed by atoms with van der Waals surface area (Å²) >= 11 is 0. The highest BCUT2D eigenvalue weighted by Gasteiger charge is 2.30. The van der Waals surface area contributed by atoms with E-state index < -0.39 is 0 Å². The van der Waals surface area contributed by atoms with Crippen LogP contribution < -0.4 is 4.74 Å². The van der Waals surface area contributed by atoms with Crippen molar-refractivity contribution in [1.82, 2.24) is 4.90 Å². The van der Waals surface area contributed by atoms with Gasteiger partial charge in [0.05, 0.1) is 11.6 Å². The van der Waals surface area contributed by atoms with Gasteiger partial charge in [-0.25, -0.2) is 0 Å². The standard InChI is InChI=1S/C18H17NO3/c20-13-14-7-6-12-19(14)18(21)16-10-4-5-11-17(16)22-15-8-2-1-3-9-15/h1-5,8-11,13-14H,6-7,12H2/t14-/m0/s1. The number of aldehydes is 1. The third-order valence-corrected chi connectivity index (χ3v) is 3.81. The molecule has 1 saturated heterocycles. The molecule has 112 valence electrons. The number of ether oxygens (including phenoxy) is 1. The van der Waals surface area contributed by atoms with E-state index >= 15 is 0 Å². The predicted molar refractivity (Wildman–Crippen MR) is 83.1 cm³/mol. The molecule has 1 fully saturated rings. The Labute approximate surface area is 129 Å². The summed E-state index contributed by atoms with van der Waals surface area (Å²) in [5.41, 5.74) is 0.486. The number of hydrogen-bond donors (Lipinski definition) is 0. The van der Waals surface area contributed by atoms with Crippen LogP contribution in [0.1, 0.15) is 23.2 Å². The Morgan fingerprint density at radius 2 is 1.82 bits per heavy atom. The lowest BCUT2D eigenvalue weighted by molar-refractivity contribution is -0.111. The Kier molecular flexibility index (Phi) is 4.19. The van der Waals surface area contributed by atoms with Gasteiger partial charge in [-0.05, 0) is 37.1 Å². The fraction of sp³-hybridized carbons (Fsp3) is 0.222. The molecule has 0 aliphatic carbocycles. The van der Waals surface area contributed by atoms with Gasteiger partial charge in [0.2, 0.25) is 0 Å². The van der Waals surface area contributed by atoms with Gasteiger partial charge in [0.25, 0.3) is 5.91 Å². The third-order valence-electron chi connectivity index (χ3n) is 3.81. The van der Waals surface area contributed by atoms with Gasteiger partial charge in [-0.15, -0.1) is 0 Å². The maximum Gasteiger partial charge on any atom is 0.258 e. The summed E-state index contributed by atoms with van der Waals surface area (Å²) in [4.78, 5) is 25.4. The molecule has 1 amide bonds. The zero-order chi connectivity index (χ0) is 15.4. The van der Waals surface area contributed by atoms with Crippen molar-refractivity contribution in [3.05, 3.63) is 60.2 Å². The van der Waals surface area contributed by atoms with Crippen molar-refractivity contribution in [1.29, 1.82) is 0 Å². The van der Waals surface area contributed by atoms with Crippen LogP contribution in [0.25, 0.3) is 0 Å². The Morgan fingerprint density at radius 3 is 2.59 bits per heavy atom. The predicted octanol–water partition coefficient (Wildman–Crippen LogP) is 3.28. The van der Waals surface area contributed by atoms with Gasteiger partial charge < -0.3 is 14.4 Å². The Bertz CT molecular complexity index is 669. The van der Waals surface area contributed by atoms with Crippen LogP contribution in [0, 0.1) is 0 Å². The quantitative estimate of drug-likeness (QED) is 0.813. The number of likely N-dealkylation sites (tertiary alicyclic amines) is 1. The molecule has 0 bridgehead atoms. The Hall–Kier alpha value is -2.62. The highest BCUT2D eigenvalue weighted by Crippen LogP contribution is 2.28. The molecular formula is C18H17NO3. The number of carbonyl (C=O) groups excluding carboxylic acids is 2. The molecule has 22 heavy (non-hydrogen) atoms. The summed E-state index contributed by atoms with van der Waals surface area (Å²) in [5.74, 6) is 1.03. The second-order valence-corrected chi connectivity index (χ2v) is 5.26. The van der Waals surface area contributed by atoms with E-state index in [2.05, 4.69) is 0 Å². The minimum absolute atomic E-state index is 0.152. The Morgan fingerprint density at radius 1 is 1.09 bits per heavy atom. The second kappa shape index (κ2) is 6.43. The van der Waals surface area contributed by atoms with Gasteiger partial charge >= 0.3 is 0 Å². The summed E-state index contributed by atoms with van der Waals surface area (Å²) < 4.78 is 5.82. The molecule has 0 spiro atoms. The molecule has 1 aliphatic heterocycles. The van der Waals surface area contributed by atoms with Crippen LogP contribution in [-0.4, -0.2) is 29.7 Å². The lowest BCUT2D eigenvalue weighted by atomic mass is 10.1. The van der Waals surface area contributed by atoms with Gasteiger partial charge in [-0.1, -0.05) is 30.3 Å². The zero-order valence-corrected chi connectivity index (χ0v) is 12.1. The van der Waals surface area contributed by atoms with Gasteiger partial charge in [-0.2, -0.15) is 0 Å². The van der Waals surface area contributed by atoms with Crippen LogP contribution in [0.15, 0.2) is 54.6 Å².